The molecule has 4 rings (SSSR count). The molecule has 0 spiro atoms. The number of hydrogen-bond acceptors (Lipinski definition) is 6. The molecular weight excluding hydrogens is 426 g/mol. The fourth-order valence-electron chi connectivity index (χ4n) is 4.15. The summed E-state index contributed by atoms with van der Waals surface area (Å²) in [6.45, 7) is 5.58. The van der Waals surface area contributed by atoms with Gasteiger partial charge in [-0.05, 0) is 19.8 Å². The molecule has 11 heteroatoms. The molecule has 0 aliphatic carbocycles. The molecule has 2 aromatic heterocycles. The zero-order valence-corrected chi connectivity index (χ0v) is 19.0. The summed E-state index contributed by atoms with van der Waals surface area (Å²) in [6, 6.07) is 0. The lowest BCUT2D eigenvalue weighted by Crippen LogP contribution is -3.12. The normalized spacial score (nSPS) is 19.5. The number of nitrogens with one attached hydrogen (secondary N) is 1. The molecule has 1 amide bonds. The molecule has 2 aromatic rings. The summed E-state index contributed by atoms with van der Waals surface area (Å²) >= 11 is 1.21. The number of fused-ring (bicyclic) bond motifs is 1. The Hall–Kier alpha value is -1.82. The van der Waals surface area contributed by atoms with Crippen LogP contribution in [0.2, 0.25) is 0 Å². The molecule has 0 radical (unpaired) electrons. The van der Waals surface area contributed by atoms with Gasteiger partial charge in [-0.25, -0.2) is 13.4 Å². The second-order valence-electron chi connectivity index (χ2n) is 8.15. The number of rotatable bonds is 4. The topological polar surface area (TPSA) is 97.0 Å². The molecule has 9 nitrogen and oxygen atoms in total. The quantitative estimate of drug-likeness (QED) is 0.659. The predicted molar refractivity (Wildman–Crippen MR) is 114 cm³/mol. The molecule has 0 aromatic carbocycles. The van der Waals surface area contributed by atoms with E-state index in [0.717, 1.165) is 32.4 Å². The first-order valence-corrected chi connectivity index (χ1v) is 12.6. The number of aryl methyl sites for hydroxylation is 1. The van der Waals surface area contributed by atoms with Gasteiger partial charge in [0.2, 0.25) is 15.9 Å². The minimum atomic E-state index is -3.78. The van der Waals surface area contributed by atoms with Crippen LogP contribution in [0.1, 0.15) is 24.1 Å². The van der Waals surface area contributed by atoms with Crippen LogP contribution in [0.3, 0.4) is 0 Å². The number of likely N-dealkylation sites (N-methyl/N-ethyl adjacent to an activating group) is 1. The number of nitrogens with zero attached hydrogens (tertiary/aromatic N) is 4. The first-order valence-electron chi connectivity index (χ1n) is 10.4. The van der Waals surface area contributed by atoms with E-state index >= 15 is 0 Å². The van der Waals surface area contributed by atoms with Crippen LogP contribution in [-0.4, -0.2) is 79.4 Å². The van der Waals surface area contributed by atoms with Crippen LogP contribution in [-0.2, 0) is 21.4 Å². The molecule has 2 fully saturated rings. The zero-order chi connectivity index (χ0) is 21.5. The number of carbonyl (C=O) groups is 1. The Balaban J connectivity index is 1.69. The highest BCUT2D eigenvalue weighted by molar-refractivity contribution is 7.89. The molecule has 0 bridgehead atoms. The SMILES string of the molecule is Cc1sc2ncn(CC(=O)N3CC[NH+](C)CC3)c(=O)c2c1S(=O)(=O)N1CCCCC1. The standard InChI is InChI=1S/C19H27N5O4S2/c1-14-17(30(27,28)24-6-4-3-5-7-24)16-18(29-14)20-13-23(19(16)26)12-15(25)22-10-8-21(2)9-11-22/h13H,3-12H2,1-2H3/p+1. The van der Waals surface area contributed by atoms with Gasteiger partial charge in [0.1, 0.15) is 16.3 Å². The van der Waals surface area contributed by atoms with E-state index in [1.165, 1.54) is 31.4 Å². The monoisotopic (exact) mass is 454 g/mol. The van der Waals surface area contributed by atoms with Crippen LogP contribution < -0.4 is 10.5 Å². The van der Waals surface area contributed by atoms with Gasteiger partial charge >= 0.3 is 0 Å². The second-order valence-corrected chi connectivity index (χ2v) is 11.2. The fourth-order valence-corrected chi connectivity index (χ4v) is 7.34. The lowest BCUT2D eigenvalue weighted by atomic mass is 10.2. The summed E-state index contributed by atoms with van der Waals surface area (Å²) < 4.78 is 29.4. The van der Waals surface area contributed by atoms with Crippen molar-refractivity contribution < 1.29 is 18.1 Å². The van der Waals surface area contributed by atoms with Gasteiger partial charge in [-0.15, -0.1) is 11.3 Å². The maximum Gasteiger partial charge on any atom is 0.263 e. The highest BCUT2D eigenvalue weighted by Gasteiger charge is 2.32. The first kappa shape index (κ1) is 21.4. The van der Waals surface area contributed by atoms with Gasteiger partial charge in [0.05, 0.1) is 44.9 Å². The average Bonchev–Trinajstić information content (AvgIpc) is 3.08. The van der Waals surface area contributed by atoms with Crippen molar-refractivity contribution in [2.75, 3.05) is 46.3 Å². The summed E-state index contributed by atoms with van der Waals surface area (Å²) in [5.74, 6) is -0.141. The van der Waals surface area contributed by atoms with E-state index in [-0.39, 0.29) is 22.7 Å². The fraction of sp³-hybridized carbons (Fsp3) is 0.632. The maximum absolute atomic E-state index is 13.3. The summed E-state index contributed by atoms with van der Waals surface area (Å²) in [6.07, 6.45) is 4.02. The van der Waals surface area contributed by atoms with Gasteiger partial charge < -0.3 is 9.80 Å². The minimum Gasteiger partial charge on any atom is -0.334 e. The lowest BCUT2D eigenvalue weighted by molar-refractivity contribution is -0.883. The molecule has 30 heavy (non-hydrogen) atoms. The van der Waals surface area contributed by atoms with Crippen molar-refractivity contribution in [2.45, 2.75) is 37.6 Å². The van der Waals surface area contributed by atoms with E-state index in [1.54, 1.807) is 11.8 Å². The molecule has 2 saturated heterocycles. The van der Waals surface area contributed by atoms with E-state index in [0.29, 0.717) is 35.9 Å². The molecule has 0 atom stereocenters. The number of carbonyl (C=O) groups excluding carboxylic acids is 1. The Labute approximate surface area is 179 Å². The van der Waals surface area contributed by atoms with Gasteiger partial charge in [0.25, 0.3) is 5.56 Å². The molecule has 2 aliphatic rings. The van der Waals surface area contributed by atoms with Crippen molar-refractivity contribution in [3.05, 3.63) is 21.6 Å². The highest BCUT2D eigenvalue weighted by Crippen LogP contribution is 2.33. The number of amides is 1. The third-order valence-electron chi connectivity index (χ3n) is 5.99. The largest absolute Gasteiger partial charge is 0.334 e. The Kier molecular flexibility index (Phi) is 5.97. The molecule has 2 aliphatic heterocycles. The zero-order valence-electron chi connectivity index (χ0n) is 17.4. The van der Waals surface area contributed by atoms with Crippen molar-refractivity contribution in [3.63, 3.8) is 0 Å². The van der Waals surface area contributed by atoms with E-state index in [4.69, 9.17) is 0 Å². The number of sulfonamides is 1. The van der Waals surface area contributed by atoms with Crippen molar-refractivity contribution in [1.82, 2.24) is 18.8 Å². The molecule has 4 heterocycles. The maximum atomic E-state index is 13.3. The summed E-state index contributed by atoms with van der Waals surface area (Å²) in [4.78, 5) is 34.4. The van der Waals surface area contributed by atoms with Crippen LogP contribution in [0.5, 0.6) is 0 Å². The van der Waals surface area contributed by atoms with Gasteiger partial charge in [-0.2, -0.15) is 4.31 Å². The summed E-state index contributed by atoms with van der Waals surface area (Å²) in [5.41, 5.74) is -0.465. The van der Waals surface area contributed by atoms with Crippen LogP contribution in [0.25, 0.3) is 10.2 Å². The van der Waals surface area contributed by atoms with Gasteiger partial charge in [0.15, 0.2) is 0 Å². The van der Waals surface area contributed by atoms with Crippen molar-refractivity contribution >= 4 is 37.5 Å². The number of hydrogen-bond donors (Lipinski definition) is 1. The molecule has 1 N–H and O–H groups in total. The minimum absolute atomic E-state index is 0.0619. The summed E-state index contributed by atoms with van der Waals surface area (Å²) in [5, 5.41) is 0.112. The van der Waals surface area contributed by atoms with Crippen molar-refractivity contribution in [1.29, 1.82) is 0 Å². The van der Waals surface area contributed by atoms with Crippen LogP contribution in [0.4, 0.5) is 0 Å². The third kappa shape index (κ3) is 3.91. The average molecular weight is 455 g/mol. The van der Waals surface area contributed by atoms with Gasteiger partial charge in [-0.1, -0.05) is 6.42 Å². The Morgan fingerprint density at radius 2 is 1.83 bits per heavy atom. The number of piperidine rings is 1. The van der Waals surface area contributed by atoms with Gasteiger partial charge in [0, 0.05) is 18.0 Å². The Morgan fingerprint density at radius 1 is 1.17 bits per heavy atom. The van der Waals surface area contributed by atoms with Crippen LogP contribution in [0, 0.1) is 6.92 Å². The van der Waals surface area contributed by atoms with Crippen molar-refractivity contribution in [3.8, 4) is 0 Å². The Bertz CT molecular complexity index is 1110. The second kappa shape index (κ2) is 8.37. The Morgan fingerprint density at radius 3 is 2.50 bits per heavy atom. The van der Waals surface area contributed by atoms with Crippen molar-refractivity contribution in [2.24, 2.45) is 0 Å². The van der Waals surface area contributed by atoms with Crippen LogP contribution in [0.15, 0.2) is 16.0 Å². The first-order chi connectivity index (χ1) is 14.3. The predicted octanol–water partition coefficient (Wildman–Crippen LogP) is -0.702. The van der Waals surface area contributed by atoms with Crippen LogP contribution >= 0.6 is 11.3 Å². The third-order valence-corrected chi connectivity index (χ3v) is 9.20. The van der Waals surface area contributed by atoms with E-state index in [1.807, 2.05) is 0 Å². The molecule has 0 unspecified atom stereocenters. The van der Waals surface area contributed by atoms with E-state index < -0.39 is 15.6 Å². The lowest BCUT2D eigenvalue weighted by Gasteiger charge is -2.30. The smallest absolute Gasteiger partial charge is 0.263 e. The molecule has 0 saturated carbocycles. The molecule has 164 valence electrons. The molecular formula is C19H28N5O4S2+. The van der Waals surface area contributed by atoms with E-state index in [9.17, 15) is 18.0 Å². The number of aromatic nitrogens is 2. The van der Waals surface area contributed by atoms with Gasteiger partial charge in [-0.3, -0.25) is 14.2 Å². The number of quaternary nitrogens is 1. The number of piperazine rings is 1. The summed E-state index contributed by atoms with van der Waals surface area (Å²) in [7, 11) is -1.69. The number of thiophene rings is 1. The highest BCUT2D eigenvalue weighted by atomic mass is 32.2. The van der Waals surface area contributed by atoms with E-state index in [2.05, 4.69) is 12.0 Å².